The van der Waals surface area contributed by atoms with E-state index in [-0.39, 0.29) is 24.4 Å². The summed E-state index contributed by atoms with van der Waals surface area (Å²) in [6, 6.07) is 3.92. The number of pyridine rings is 1. The standard InChI is InChI=1S/C16H25BN2O4/c1-15(2)16(3,4)23-17(22-15)12-5-6-14(18-9-12)19-10-13-11-20-7-8-21-13/h5-6,9,13H,7-8,10-11H2,1-4H3,(H,18,19)/t13-/m1/s1. The lowest BCUT2D eigenvalue weighted by Crippen LogP contribution is -2.41. The van der Waals surface area contributed by atoms with Gasteiger partial charge in [-0.3, -0.25) is 0 Å². The van der Waals surface area contributed by atoms with Crippen LogP contribution >= 0.6 is 0 Å². The summed E-state index contributed by atoms with van der Waals surface area (Å²) in [6.45, 7) is 10.8. The van der Waals surface area contributed by atoms with Crippen LogP contribution in [-0.4, -0.2) is 55.8 Å². The molecule has 1 aromatic heterocycles. The van der Waals surface area contributed by atoms with Gasteiger partial charge in [0.1, 0.15) is 5.82 Å². The number of rotatable bonds is 4. The van der Waals surface area contributed by atoms with Gasteiger partial charge >= 0.3 is 7.12 Å². The summed E-state index contributed by atoms with van der Waals surface area (Å²) < 4.78 is 23.0. The first-order valence-electron chi connectivity index (χ1n) is 8.12. The number of nitrogens with one attached hydrogen (secondary N) is 1. The van der Waals surface area contributed by atoms with Gasteiger partial charge in [0.05, 0.1) is 37.1 Å². The summed E-state index contributed by atoms with van der Waals surface area (Å²) in [5.41, 5.74) is 0.242. The summed E-state index contributed by atoms with van der Waals surface area (Å²) in [7, 11) is -0.378. The lowest BCUT2D eigenvalue weighted by Gasteiger charge is -2.32. The average molecular weight is 320 g/mol. The highest BCUT2D eigenvalue weighted by atomic mass is 16.7. The Morgan fingerprint density at radius 3 is 2.48 bits per heavy atom. The fourth-order valence-corrected chi connectivity index (χ4v) is 2.50. The van der Waals surface area contributed by atoms with E-state index in [1.54, 1.807) is 6.20 Å². The molecule has 2 aliphatic rings. The van der Waals surface area contributed by atoms with Crippen LogP contribution in [0.1, 0.15) is 27.7 Å². The molecule has 23 heavy (non-hydrogen) atoms. The summed E-state index contributed by atoms with van der Waals surface area (Å²) >= 11 is 0. The van der Waals surface area contributed by atoms with Crippen molar-refractivity contribution in [2.75, 3.05) is 31.7 Å². The molecule has 0 radical (unpaired) electrons. The van der Waals surface area contributed by atoms with Crippen LogP contribution in [0.5, 0.6) is 0 Å². The van der Waals surface area contributed by atoms with Crippen LogP contribution in [0.15, 0.2) is 18.3 Å². The molecule has 0 saturated carbocycles. The van der Waals surface area contributed by atoms with Crippen molar-refractivity contribution in [1.82, 2.24) is 4.98 Å². The van der Waals surface area contributed by atoms with Gasteiger partial charge in [-0.1, -0.05) is 6.07 Å². The minimum absolute atomic E-state index is 0.0772. The summed E-state index contributed by atoms with van der Waals surface area (Å²) in [4.78, 5) is 4.44. The third-order valence-corrected chi connectivity index (χ3v) is 4.71. The Kier molecular flexibility index (Phi) is 4.64. The number of anilines is 1. The predicted molar refractivity (Wildman–Crippen MR) is 89.0 cm³/mol. The second-order valence-corrected chi connectivity index (χ2v) is 7.01. The van der Waals surface area contributed by atoms with Crippen LogP contribution in [-0.2, 0) is 18.8 Å². The van der Waals surface area contributed by atoms with E-state index in [1.807, 2.05) is 39.8 Å². The molecule has 3 rings (SSSR count). The zero-order valence-corrected chi connectivity index (χ0v) is 14.3. The van der Waals surface area contributed by atoms with E-state index in [1.165, 1.54) is 0 Å². The fourth-order valence-electron chi connectivity index (χ4n) is 2.50. The smallest absolute Gasteiger partial charge is 0.399 e. The van der Waals surface area contributed by atoms with Crippen LogP contribution in [0.4, 0.5) is 5.82 Å². The van der Waals surface area contributed by atoms with Gasteiger partial charge in [0.2, 0.25) is 0 Å². The number of hydrogen-bond donors (Lipinski definition) is 1. The van der Waals surface area contributed by atoms with Gasteiger partial charge in [-0.05, 0) is 33.8 Å². The zero-order chi connectivity index (χ0) is 16.5. The number of nitrogens with zero attached hydrogens (tertiary/aromatic N) is 1. The van der Waals surface area contributed by atoms with Crippen molar-refractivity contribution in [3.8, 4) is 0 Å². The van der Waals surface area contributed by atoms with Crippen molar-refractivity contribution in [2.45, 2.75) is 45.0 Å². The molecule has 1 atom stereocenters. The van der Waals surface area contributed by atoms with Gasteiger partial charge in [-0.25, -0.2) is 4.98 Å². The highest BCUT2D eigenvalue weighted by Crippen LogP contribution is 2.36. The van der Waals surface area contributed by atoms with E-state index in [0.29, 0.717) is 26.4 Å². The molecule has 2 saturated heterocycles. The highest BCUT2D eigenvalue weighted by Gasteiger charge is 2.51. The normalized spacial score (nSPS) is 26.3. The average Bonchev–Trinajstić information content (AvgIpc) is 2.75. The van der Waals surface area contributed by atoms with Crippen LogP contribution < -0.4 is 10.8 Å². The van der Waals surface area contributed by atoms with Gasteiger partial charge in [0, 0.05) is 18.2 Å². The third-order valence-electron chi connectivity index (χ3n) is 4.71. The minimum atomic E-state index is -0.378. The maximum atomic E-state index is 6.03. The van der Waals surface area contributed by atoms with Crippen molar-refractivity contribution in [3.05, 3.63) is 18.3 Å². The molecule has 0 aliphatic carbocycles. The van der Waals surface area contributed by atoms with Gasteiger partial charge in [-0.2, -0.15) is 0 Å². The van der Waals surface area contributed by atoms with Crippen LogP contribution in [0, 0.1) is 0 Å². The first kappa shape index (κ1) is 16.7. The van der Waals surface area contributed by atoms with Crippen molar-refractivity contribution < 1.29 is 18.8 Å². The molecule has 126 valence electrons. The maximum absolute atomic E-state index is 6.03. The molecule has 0 aromatic carbocycles. The van der Waals surface area contributed by atoms with E-state index in [0.717, 1.165) is 11.3 Å². The molecule has 0 spiro atoms. The zero-order valence-electron chi connectivity index (χ0n) is 14.3. The topological polar surface area (TPSA) is 61.8 Å². The van der Waals surface area contributed by atoms with Gasteiger partial charge in [0.25, 0.3) is 0 Å². The van der Waals surface area contributed by atoms with Crippen molar-refractivity contribution in [1.29, 1.82) is 0 Å². The Balaban J connectivity index is 1.57. The molecule has 2 aliphatic heterocycles. The molecule has 0 bridgehead atoms. The van der Waals surface area contributed by atoms with E-state index in [4.69, 9.17) is 18.8 Å². The highest BCUT2D eigenvalue weighted by molar-refractivity contribution is 6.62. The molecular weight excluding hydrogens is 295 g/mol. The quantitative estimate of drug-likeness (QED) is 0.842. The van der Waals surface area contributed by atoms with E-state index in [9.17, 15) is 0 Å². The van der Waals surface area contributed by atoms with E-state index >= 15 is 0 Å². The monoisotopic (exact) mass is 320 g/mol. The van der Waals surface area contributed by atoms with Crippen molar-refractivity contribution in [2.24, 2.45) is 0 Å². The second kappa shape index (κ2) is 6.40. The summed E-state index contributed by atoms with van der Waals surface area (Å²) in [5.74, 6) is 0.805. The Morgan fingerprint density at radius 1 is 1.17 bits per heavy atom. The van der Waals surface area contributed by atoms with Crippen molar-refractivity contribution in [3.63, 3.8) is 0 Å². The first-order chi connectivity index (χ1) is 10.9. The Labute approximate surface area is 138 Å². The molecule has 2 fully saturated rings. The van der Waals surface area contributed by atoms with Crippen LogP contribution in [0.25, 0.3) is 0 Å². The van der Waals surface area contributed by atoms with Crippen LogP contribution in [0.3, 0.4) is 0 Å². The molecule has 3 heterocycles. The summed E-state index contributed by atoms with van der Waals surface area (Å²) in [6.07, 6.45) is 1.87. The number of ether oxygens (including phenoxy) is 2. The summed E-state index contributed by atoms with van der Waals surface area (Å²) in [5, 5.41) is 3.27. The Hall–Kier alpha value is -1.15. The maximum Gasteiger partial charge on any atom is 0.496 e. The van der Waals surface area contributed by atoms with E-state index in [2.05, 4.69) is 10.3 Å². The molecule has 1 aromatic rings. The minimum Gasteiger partial charge on any atom is -0.399 e. The molecule has 7 heteroatoms. The number of hydrogen-bond acceptors (Lipinski definition) is 6. The molecule has 1 N–H and O–H groups in total. The van der Waals surface area contributed by atoms with Crippen molar-refractivity contribution >= 4 is 18.4 Å². The molecular formula is C16H25BN2O4. The second-order valence-electron chi connectivity index (χ2n) is 7.01. The molecule has 0 amide bonds. The lowest BCUT2D eigenvalue weighted by atomic mass is 9.80. The number of aromatic nitrogens is 1. The molecule has 0 unspecified atom stereocenters. The predicted octanol–water partition coefficient (Wildman–Crippen LogP) is 1.21. The van der Waals surface area contributed by atoms with Gasteiger partial charge < -0.3 is 24.1 Å². The van der Waals surface area contributed by atoms with E-state index < -0.39 is 0 Å². The lowest BCUT2D eigenvalue weighted by molar-refractivity contribution is -0.0819. The first-order valence-corrected chi connectivity index (χ1v) is 8.12. The van der Waals surface area contributed by atoms with Gasteiger partial charge in [0.15, 0.2) is 0 Å². The SMILES string of the molecule is CC1(C)OB(c2ccc(NC[C@@H]3COCCO3)nc2)OC1(C)C. The third kappa shape index (κ3) is 3.69. The van der Waals surface area contributed by atoms with Crippen LogP contribution in [0.2, 0.25) is 0 Å². The Morgan fingerprint density at radius 2 is 1.91 bits per heavy atom. The Bertz CT molecular complexity index is 513. The molecule has 6 nitrogen and oxygen atoms in total. The fraction of sp³-hybridized carbons (Fsp3) is 0.688. The van der Waals surface area contributed by atoms with Gasteiger partial charge in [-0.15, -0.1) is 0 Å². The largest absolute Gasteiger partial charge is 0.496 e.